The molecule has 0 unspecified atom stereocenters. The van der Waals surface area contributed by atoms with Crippen LogP contribution < -0.4 is 4.90 Å². The lowest BCUT2D eigenvalue weighted by Gasteiger charge is -2.20. The van der Waals surface area contributed by atoms with E-state index in [1.165, 1.54) is 5.69 Å². The van der Waals surface area contributed by atoms with Gasteiger partial charge in [0.15, 0.2) is 5.78 Å². The van der Waals surface area contributed by atoms with E-state index in [1.807, 2.05) is 24.3 Å². The van der Waals surface area contributed by atoms with E-state index in [-0.39, 0.29) is 5.78 Å². The molecule has 2 nitrogen and oxygen atoms in total. The summed E-state index contributed by atoms with van der Waals surface area (Å²) in [7, 11) is 0. The lowest BCUT2D eigenvalue weighted by molar-refractivity contribution is 0.102. The van der Waals surface area contributed by atoms with Crippen LogP contribution in [-0.4, -0.2) is 30.4 Å². The normalized spacial score (nSPS) is 10.3. The second-order valence-corrected chi connectivity index (χ2v) is 5.05. The molecule has 0 bridgehead atoms. The predicted molar refractivity (Wildman–Crippen MR) is 77.3 cm³/mol. The van der Waals surface area contributed by atoms with E-state index in [0.29, 0.717) is 5.75 Å². The molecule has 0 amide bonds. The number of rotatable bonds is 7. The first kappa shape index (κ1) is 14.1. The van der Waals surface area contributed by atoms with Crippen LogP contribution in [0.3, 0.4) is 0 Å². The summed E-state index contributed by atoms with van der Waals surface area (Å²) in [5.74, 6) is 1.80. The number of benzene rings is 1. The molecule has 0 aliphatic heterocycles. The number of anilines is 1. The van der Waals surface area contributed by atoms with Crippen molar-refractivity contribution in [3.8, 4) is 0 Å². The molecular formula is C14H21NOS. The van der Waals surface area contributed by atoms with Gasteiger partial charge in [-0.05, 0) is 43.9 Å². The standard InChI is InChI=1S/C14H21NOS/c1-4-15(5-2)13-9-7-12(8-10-13)14(16)11-17-6-3/h7-10H,4-6,11H2,1-3H3. The first-order valence-corrected chi connectivity index (χ1v) is 7.34. The van der Waals surface area contributed by atoms with Crippen molar-refractivity contribution in [1.82, 2.24) is 0 Å². The Morgan fingerprint density at radius 3 is 2.18 bits per heavy atom. The molecule has 0 radical (unpaired) electrons. The van der Waals surface area contributed by atoms with E-state index in [2.05, 4.69) is 25.7 Å². The summed E-state index contributed by atoms with van der Waals surface area (Å²) in [6.07, 6.45) is 0. The van der Waals surface area contributed by atoms with Gasteiger partial charge in [-0.25, -0.2) is 0 Å². The zero-order valence-corrected chi connectivity index (χ0v) is 11.7. The molecule has 1 aromatic carbocycles. The summed E-state index contributed by atoms with van der Waals surface area (Å²) in [4.78, 5) is 14.1. The number of hydrogen-bond donors (Lipinski definition) is 0. The largest absolute Gasteiger partial charge is 0.372 e. The number of nitrogens with zero attached hydrogens (tertiary/aromatic N) is 1. The molecule has 0 spiro atoms. The minimum Gasteiger partial charge on any atom is -0.372 e. The first-order valence-electron chi connectivity index (χ1n) is 6.18. The maximum Gasteiger partial charge on any atom is 0.172 e. The maximum absolute atomic E-state index is 11.8. The van der Waals surface area contributed by atoms with Crippen molar-refractivity contribution >= 4 is 23.2 Å². The Morgan fingerprint density at radius 2 is 1.71 bits per heavy atom. The van der Waals surface area contributed by atoms with E-state index in [0.717, 1.165) is 24.4 Å². The highest BCUT2D eigenvalue weighted by Gasteiger charge is 2.06. The van der Waals surface area contributed by atoms with Crippen LogP contribution in [0.1, 0.15) is 31.1 Å². The van der Waals surface area contributed by atoms with E-state index in [9.17, 15) is 4.79 Å². The Labute approximate surface area is 108 Å². The fraction of sp³-hybridized carbons (Fsp3) is 0.500. The molecule has 0 aliphatic rings. The number of hydrogen-bond acceptors (Lipinski definition) is 3. The van der Waals surface area contributed by atoms with Crippen molar-refractivity contribution in [3.05, 3.63) is 29.8 Å². The Bertz CT molecular complexity index is 344. The average Bonchev–Trinajstić information content (AvgIpc) is 2.38. The zero-order chi connectivity index (χ0) is 12.7. The predicted octanol–water partition coefficient (Wildman–Crippen LogP) is 3.47. The molecule has 0 heterocycles. The fourth-order valence-corrected chi connectivity index (χ4v) is 2.28. The second kappa shape index (κ2) is 7.38. The van der Waals surface area contributed by atoms with Crippen LogP contribution in [0.5, 0.6) is 0 Å². The summed E-state index contributed by atoms with van der Waals surface area (Å²) < 4.78 is 0. The summed E-state index contributed by atoms with van der Waals surface area (Å²) in [6, 6.07) is 7.95. The molecule has 0 aliphatic carbocycles. The molecule has 0 atom stereocenters. The topological polar surface area (TPSA) is 20.3 Å². The quantitative estimate of drug-likeness (QED) is 0.692. The van der Waals surface area contributed by atoms with Crippen LogP contribution in [-0.2, 0) is 0 Å². The van der Waals surface area contributed by atoms with Crippen LogP contribution in [0.15, 0.2) is 24.3 Å². The van der Waals surface area contributed by atoms with Gasteiger partial charge in [0.1, 0.15) is 0 Å². The Morgan fingerprint density at radius 1 is 1.12 bits per heavy atom. The molecule has 1 rings (SSSR count). The molecule has 0 saturated carbocycles. The molecule has 94 valence electrons. The van der Waals surface area contributed by atoms with Crippen LogP contribution in [0.4, 0.5) is 5.69 Å². The Hall–Kier alpha value is -0.960. The molecule has 17 heavy (non-hydrogen) atoms. The van der Waals surface area contributed by atoms with E-state index in [1.54, 1.807) is 11.8 Å². The minimum absolute atomic E-state index is 0.225. The van der Waals surface area contributed by atoms with Gasteiger partial charge >= 0.3 is 0 Å². The van der Waals surface area contributed by atoms with Crippen LogP contribution in [0.25, 0.3) is 0 Å². The SMILES string of the molecule is CCSCC(=O)c1ccc(N(CC)CC)cc1. The Kier molecular flexibility index (Phi) is 6.12. The van der Waals surface area contributed by atoms with Gasteiger partial charge in [-0.2, -0.15) is 11.8 Å². The third-order valence-corrected chi connectivity index (χ3v) is 3.63. The van der Waals surface area contributed by atoms with Crippen LogP contribution >= 0.6 is 11.8 Å². The van der Waals surface area contributed by atoms with Gasteiger partial charge in [0.25, 0.3) is 0 Å². The highest BCUT2D eigenvalue weighted by atomic mass is 32.2. The van der Waals surface area contributed by atoms with Crippen molar-refractivity contribution in [3.63, 3.8) is 0 Å². The molecule has 0 N–H and O–H groups in total. The summed E-state index contributed by atoms with van der Waals surface area (Å²) in [6.45, 7) is 8.34. The zero-order valence-electron chi connectivity index (χ0n) is 10.9. The molecule has 3 heteroatoms. The molecule has 0 fully saturated rings. The summed E-state index contributed by atoms with van der Waals surface area (Å²) >= 11 is 1.67. The Balaban J connectivity index is 2.70. The summed E-state index contributed by atoms with van der Waals surface area (Å²) in [5.41, 5.74) is 2.01. The molecule has 0 saturated heterocycles. The number of thioether (sulfide) groups is 1. The van der Waals surface area contributed by atoms with Gasteiger partial charge < -0.3 is 4.90 Å². The highest BCUT2D eigenvalue weighted by Crippen LogP contribution is 2.16. The van der Waals surface area contributed by atoms with Crippen molar-refractivity contribution in [2.24, 2.45) is 0 Å². The van der Waals surface area contributed by atoms with Crippen molar-refractivity contribution in [2.45, 2.75) is 20.8 Å². The third-order valence-electron chi connectivity index (χ3n) is 2.76. The number of Topliss-reactive ketones (excluding diaryl/α,β-unsaturated/α-hetero) is 1. The monoisotopic (exact) mass is 251 g/mol. The lowest BCUT2D eigenvalue weighted by atomic mass is 10.1. The van der Waals surface area contributed by atoms with Gasteiger partial charge in [0, 0.05) is 24.3 Å². The second-order valence-electron chi connectivity index (χ2n) is 3.78. The van der Waals surface area contributed by atoms with E-state index < -0.39 is 0 Å². The van der Waals surface area contributed by atoms with Crippen molar-refractivity contribution in [2.75, 3.05) is 29.5 Å². The molecule has 1 aromatic rings. The average molecular weight is 251 g/mol. The highest BCUT2D eigenvalue weighted by molar-refractivity contribution is 7.99. The van der Waals surface area contributed by atoms with Gasteiger partial charge in [0.05, 0.1) is 5.75 Å². The van der Waals surface area contributed by atoms with Crippen LogP contribution in [0.2, 0.25) is 0 Å². The smallest absolute Gasteiger partial charge is 0.172 e. The minimum atomic E-state index is 0.225. The number of carbonyl (C=O) groups is 1. The van der Waals surface area contributed by atoms with Crippen molar-refractivity contribution < 1.29 is 4.79 Å². The van der Waals surface area contributed by atoms with Gasteiger partial charge in [-0.1, -0.05) is 6.92 Å². The fourth-order valence-electron chi connectivity index (χ4n) is 1.72. The molecule has 0 aromatic heterocycles. The van der Waals surface area contributed by atoms with Crippen molar-refractivity contribution in [1.29, 1.82) is 0 Å². The number of ketones is 1. The van der Waals surface area contributed by atoms with Gasteiger partial charge in [-0.3, -0.25) is 4.79 Å². The van der Waals surface area contributed by atoms with Gasteiger partial charge in [0.2, 0.25) is 0 Å². The molecular weight excluding hydrogens is 230 g/mol. The van der Waals surface area contributed by atoms with E-state index >= 15 is 0 Å². The maximum atomic E-state index is 11.8. The first-order chi connectivity index (χ1) is 8.22. The van der Waals surface area contributed by atoms with Gasteiger partial charge in [-0.15, -0.1) is 0 Å². The van der Waals surface area contributed by atoms with Crippen LogP contribution in [0, 0.1) is 0 Å². The summed E-state index contributed by atoms with van der Waals surface area (Å²) in [5, 5.41) is 0. The van der Waals surface area contributed by atoms with E-state index in [4.69, 9.17) is 0 Å². The lowest BCUT2D eigenvalue weighted by Crippen LogP contribution is -2.21. The number of carbonyl (C=O) groups excluding carboxylic acids is 1. The third kappa shape index (κ3) is 4.08.